The molecule has 0 aromatic heterocycles. The van der Waals surface area contributed by atoms with Crippen LogP contribution in [0.3, 0.4) is 0 Å². The lowest BCUT2D eigenvalue weighted by atomic mass is 9.99. The molecule has 3 heteroatoms. The van der Waals surface area contributed by atoms with E-state index >= 15 is 0 Å². The standard InChI is InChI=1S/C19H20FNO/c1-22-19-8-2-15(3-9-19)14-21-12-10-17(11-13-21)16-4-6-18(20)7-5-16/h2-10H,11-14H2,1H3. The van der Waals surface area contributed by atoms with Crippen molar-refractivity contribution in [2.75, 3.05) is 20.2 Å². The van der Waals surface area contributed by atoms with E-state index in [0.717, 1.165) is 37.4 Å². The van der Waals surface area contributed by atoms with Gasteiger partial charge in [-0.1, -0.05) is 30.3 Å². The van der Waals surface area contributed by atoms with E-state index in [0.29, 0.717) is 0 Å². The van der Waals surface area contributed by atoms with Crippen LogP contribution in [0.25, 0.3) is 5.57 Å². The molecule has 0 N–H and O–H groups in total. The predicted octanol–water partition coefficient (Wildman–Crippen LogP) is 4.12. The Balaban J connectivity index is 1.61. The van der Waals surface area contributed by atoms with Gasteiger partial charge in [0.05, 0.1) is 7.11 Å². The summed E-state index contributed by atoms with van der Waals surface area (Å²) in [5.74, 6) is 0.710. The summed E-state index contributed by atoms with van der Waals surface area (Å²) in [6, 6.07) is 15.0. The Kier molecular flexibility index (Phi) is 4.54. The van der Waals surface area contributed by atoms with E-state index in [4.69, 9.17) is 4.74 Å². The number of ether oxygens (including phenoxy) is 1. The third-order valence-electron chi connectivity index (χ3n) is 4.07. The van der Waals surface area contributed by atoms with Gasteiger partial charge in [-0.25, -0.2) is 4.39 Å². The lowest BCUT2D eigenvalue weighted by molar-refractivity contribution is 0.293. The van der Waals surface area contributed by atoms with Crippen LogP contribution in [-0.4, -0.2) is 25.1 Å². The van der Waals surface area contributed by atoms with Gasteiger partial charge in [-0.05, 0) is 47.4 Å². The van der Waals surface area contributed by atoms with Gasteiger partial charge < -0.3 is 4.74 Å². The molecule has 3 rings (SSSR count). The topological polar surface area (TPSA) is 12.5 Å². The molecule has 0 fully saturated rings. The molecule has 1 heterocycles. The molecule has 0 amide bonds. The number of nitrogens with zero attached hydrogens (tertiary/aromatic N) is 1. The van der Waals surface area contributed by atoms with Crippen molar-refractivity contribution >= 4 is 5.57 Å². The summed E-state index contributed by atoms with van der Waals surface area (Å²) in [4.78, 5) is 2.41. The molecule has 22 heavy (non-hydrogen) atoms. The Hall–Kier alpha value is -2.13. The summed E-state index contributed by atoms with van der Waals surface area (Å²) in [5, 5.41) is 0. The fourth-order valence-electron chi connectivity index (χ4n) is 2.77. The first-order valence-corrected chi connectivity index (χ1v) is 7.55. The zero-order valence-corrected chi connectivity index (χ0v) is 12.8. The third kappa shape index (κ3) is 3.55. The summed E-state index contributed by atoms with van der Waals surface area (Å²) >= 11 is 0. The highest BCUT2D eigenvalue weighted by atomic mass is 19.1. The number of hydrogen-bond donors (Lipinski definition) is 0. The first kappa shape index (κ1) is 14.8. The SMILES string of the molecule is COc1ccc(CN2CC=C(c3ccc(F)cc3)CC2)cc1. The fourth-order valence-corrected chi connectivity index (χ4v) is 2.77. The molecule has 2 nitrogen and oxygen atoms in total. The van der Waals surface area contributed by atoms with Crippen molar-refractivity contribution in [2.45, 2.75) is 13.0 Å². The van der Waals surface area contributed by atoms with Gasteiger partial charge in [-0.3, -0.25) is 4.90 Å². The lowest BCUT2D eigenvalue weighted by Gasteiger charge is -2.26. The Morgan fingerprint density at radius 3 is 2.36 bits per heavy atom. The monoisotopic (exact) mass is 297 g/mol. The van der Waals surface area contributed by atoms with Crippen molar-refractivity contribution in [3.8, 4) is 5.75 Å². The van der Waals surface area contributed by atoms with Crippen LogP contribution in [0.2, 0.25) is 0 Å². The molecule has 0 bridgehead atoms. The molecule has 0 saturated carbocycles. The summed E-state index contributed by atoms with van der Waals surface area (Å²) in [6.45, 7) is 2.89. The molecule has 2 aromatic rings. The number of methoxy groups -OCH3 is 1. The van der Waals surface area contributed by atoms with E-state index < -0.39 is 0 Å². The van der Waals surface area contributed by atoms with Crippen LogP contribution < -0.4 is 4.74 Å². The molecule has 2 aromatic carbocycles. The number of benzene rings is 2. The Morgan fingerprint density at radius 2 is 1.77 bits per heavy atom. The maximum atomic E-state index is 13.0. The molecule has 0 unspecified atom stereocenters. The van der Waals surface area contributed by atoms with Crippen LogP contribution in [0.5, 0.6) is 5.75 Å². The van der Waals surface area contributed by atoms with Gasteiger partial charge in [0.2, 0.25) is 0 Å². The highest BCUT2D eigenvalue weighted by molar-refractivity contribution is 5.66. The maximum absolute atomic E-state index is 13.0. The molecule has 0 atom stereocenters. The second-order valence-electron chi connectivity index (χ2n) is 5.57. The Morgan fingerprint density at radius 1 is 1.05 bits per heavy atom. The van der Waals surface area contributed by atoms with E-state index in [-0.39, 0.29) is 5.82 Å². The van der Waals surface area contributed by atoms with Crippen molar-refractivity contribution in [1.29, 1.82) is 0 Å². The van der Waals surface area contributed by atoms with E-state index in [1.54, 1.807) is 7.11 Å². The maximum Gasteiger partial charge on any atom is 0.123 e. The van der Waals surface area contributed by atoms with Crippen LogP contribution in [0, 0.1) is 5.82 Å². The van der Waals surface area contributed by atoms with E-state index in [1.807, 2.05) is 24.3 Å². The van der Waals surface area contributed by atoms with Crippen molar-refractivity contribution < 1.29 is 9.13 Å². The Labute approximate surface area is 130 Å². The minimum Gasteiger partial charge on any atom is -0.497 e. The van der Waals surface area contributed by atoms with Crippen LogP contribution in [0.4, 0.5) is 4.39 Å². The molecule has 0 saturated heterocycles. The fraction of sp³-hybridized carbons (Fsp3) is 0.263. The minimum absolute atomic E-state index is 0.179. The third-order valence-corrected chi connectivity index (χ3v) is 4.07. The average molecular weight is 297 g/mol. The van der Waals surface area contributed by atoms with Crippen LogP contribution in [0.1, 0.15) is 17.5 Å². The first-order chi connectivity index (χ1) is 10.7. The zero-order chi connectivity index (χ0) is 15.4. The highest BCUT2D eigenvalue weighted by Gasteiger charge is 2.13. The average Bonchev–Trinajstić information content (AvgIpc) is 2.57. The molecular weight excluding hydrogens is 277 g/mol. The van der Waals surface area contributed by atoms with E-state index in [2.05, 4.69) is 23.1 Å². The van der Waals surface area contributed by atoms with Crippen molar-refractivity contribution in [1.82, 2.24) is 4.90 Å². The van der Waals surface area contributed by atoms with Crippen LogP contribution >= 0.6 is 0 Å². The summed E-state index contributed by atoms with van der Waals surface area (Å²) in [7, 11) is 1.68. The molecule has 1 aliphatic rings. The minimum atomic E-state index is -0.179. The van der Waals surface area contributed by atoms with Gasteiger partial charge in [0.15, 0.2) is 0 Å². The van der Waals surface area contributed by atoms with Crippen molar-refractivity contribution in [3.63, 3.8) is 0 Å². The van der Waals surface area contributed by atoms with Gasteiger partial charge in [-0.15, -0.1) is 0 Å². The predicted molar refractivity (Wildman–Crippen MR) is 87.3 cm³/mol. The largest absolute Gasteiger partial charge is 0.497 e. The molecule has 0 radical (unpaired) electrons. The smallest absolute Gasteiger partial charge is 0.123 e. The molecular formula is C19H20FNO. The van der Waals surface area contributed by atoms with Gasteiger partial charge in [0.1, 0.15) is 11.6 Å². The van der Waals surface area contributed by atoms with Crippen molar-refractivity contribution in [3.05, 3.63) is 71.6 Å². The molecule has 0 spiro atoms. The number of hydrogen-bond acceptors (Lipinski definition) is 2. The highest BCUT2D eigenvalue weighted by Crippen LogP contribution is 2.23. The van der Waals surface area contributed by atoms with Gasteiger partial charge >= 0.3 is 0 Å². The van der Waals surface area contributed by atoms with Gasteiger partial charge in [0.25, 0.3) is 0 Å². The van der Waals surface area contributed by atoms with Crippen LogP contribution in [0.15, 0.2) is 54.6 Å². The zero-order valence-electron chi connectivity index (χ0n) is 12.8. The molecule has 0 aliphatic carbocycles. The molecule has 114 valence electrons. The quantitative estimate of drug-likeness (QED) is 0.841. The molecule has 1 aliphatic heterocycles. The number of halogens is 1. The second-order valence-corrected chi connectivity index (χ2v) is 5.57. The summed E-state index contributed by atoms with van der Waals surface area (Å²) in [5.41, 5.74) is 3.73. The van der Waals surface area contributed by atoms with Gasteiger partial charge in [0, 0.05) is 19.6 Å². The Bertz CT molecular complexity index is 646. The van der Waals surface area contributed by atoms with E-state index in [9.17, 15) is 4.39 Å². The second kappa shape index (κ2) is 6.75. The number of rotatable bonds is 4. The van der Waals surface area contributed by atoms with Crippen molar-refractivity contribution in [2.24, 2.45) is 0 Å². The normalized spacial score (nSPS) is 15.5. The van der Waals surface area contributed by atoms with Gasteiger partial charge in [-0.2, -0.15) is 0 Å². The lowest BCUT2D eigenvalue weighted by Crippen LogP contribution is -2.27. The summed E-state index contributed by atoms with van der Waals surface area (Å²) < 4.78 is 18.2. The first-order valence-electron chi connectivity index (χ1n) is 7.55. The summed E-state index contributed by atoms with van der Waals surface area (Å²) in [6.07, 6.45) is 3.25. The van der Waals surface area contributed by atoms with Crippen LogP contribution in [-0.2, 0) is 6.54 Å². The van der Waals surface area contributed by atoms with E-state index in [1.165, 1.54) is 23.3 Å².